The highest BCUT2D eigenvalue weighted by Crippen LogP contribution is 2.53. The lowest BCUT2D eigenvalue weighted by atomic mass is 9.71. The third kappa shape index (κ3) is 6.37. The molecule has 0 bridgehead atoms. The highest BCUT2D eigenvalue weighted by Gasteiger charge is 2.57. The SMILES string of the molecule is CC(C)(C)CC(C)(C)c1ccc(O)c(C2=CC(F)=CC(n3c4ccc(C(C)(C)C)cc4c4cc(C(C)(C)C)ccc43)(C(F)(F)F)C2)c1. The van der Waals surface area contributed by atoms with Crippen LogP contribution in [0.5, 0.6) is 5.75 Å². The van der Waals surface area contributed by atoms with Gasteiger partial charge in [-0.2, -0.15) is 13.2 Å². The molecular weight excluding hydrogens is 598 g/mol. The van der Waals surface area contributed by atoms with Gasteiger partial charge in [0.2, 0.25) is 0 Å². The number of nitrogens with zero attached hydrogens (tertiary/aromatic N) is 1. The number of benzene rings is 3. The van der Waals surface area contributed by atoms with Gasteiger partial charge in [-0.3, -0.25) is 0 Å². The van der Waals surface area contributed by atoms with E-state index >= 15 is 17.6 Å². The highest BCUT2D eigenvalue weighted by atomic mass is 19.4. The molecule has 0 fully saturated rings. The summed E-state index contributed by atoms with van der Waals surface area (Å²) in [5.74, 6) is -1.17. The minimum Gasteiger partial charge on any atom is -0.507 e. The Bertz CT molecular complexity index is 1840. The van der Waals surface area contributed by atoms with Crippen molar-refractivity contribution in [3.05, 3.63) is 94.8 Å². The topological polar surface area (TPSA) is 25.2 Å². The fraction of sp³-hybridized carbons (Fsp3) is 0.463. The Hall–Kier alpha value is -3.54. The summed E-state index contributed by atoms with van der Waals surface area (Å²) in [6.07, 6.45) is -2.80. The van der Waals surface area contributed by atoms with Crippen LogP contribution in [0.25, 0.3) is 27.4 Å². The fourth-order valence-electron chi connectivity index (χ4n) is 7.48. The molecule has 0 saturated carbocycles. The van der Waals surface area contributed by atoms with Gasteiger partial charge >= 0.3 is 6.18 Å². The van der Waals surface area contributed by atoms with Gasteiger partial charge in [0.15, 0.2) is 5.54 Å². The van der Waals surface area contributed by atoms with Gasteiger partial charge in [0, 0.05) is 22.8 Å². The van der Waals surface area contributed by atoms with Crippen molar-refractivity contribution in [1.82, 2.24) is 4.57 Å². The first kappa shape index (κ1) is 34.8. The van der Waals surface area contributed by atoms with Crippen molar-refractivity contribution in [3.8, 4) is 5.75 Å². The molecular formula is C41H49F4NO. The number of allylic oxidation sites excluding steroid dienone is 4. The molecule has 1 aromatic heterocycles. The van der Waals surface area contributed by atoms with Crippen molar-refractivity contribution >= 4 is 27.4 Å². The standard InChI is InChI=1S/C41H49F4NO/c1-36(2,3)24-39(10,11)28-14-17-35(47)30(21-28)25-18-29(42)23-40(22-25,41(43,44)45)46-33-15-12-26(37(4,5)6)19-31(33)32-20-27(38(7,8)9)13-16-34(32)46/h12-21,23,47H,22,24H2,1-11H3. The van der Waals surface area contributed by atoms with E-state index in [1.54, 1.807) is 18.2 Å². The van der Waals surface area contributed by atoms with E-state index in [2.05, 4.69) is 76.2 Å². The molecule has 4 aromatic rings. The van der Waals surface area contributed by atoms with Crippen molar-refractivity contribution in [1.29, 1.82) is 0 Å². The third-order valence-corrected chi connectivity index (χ3v) is 9.63. The van der Waals surface area contributed by atoms with Crippen LogP contribution >= 0.6 is 0 Å². The normalized spacial score (nSPS) is 18.5. The Balaban J connectivity index is 1.80. The number of aromatic hydroxyl groups is 1. The molecule has 1 aliphatic rings. The quantitative estimate of drug-likeness (QED) is 0.219. The second kappa shape index (κ2) is 11.0. The summed E-state index contributed by atoms with van der Waals surface area (Å²) >= 11 is 0. The van der Waals surface area contributed by atoms with Crippen LogP contribution in [0, 0.1) is 5.41 Å². The Kier molecular flexibility index (Phi) is 8.14. The average molecular weight is 648 g/mol. The monoisotopic (exact) mass is 647 g/mol. The number of hydrogen-bond acceptors (Lipinski definition) is 1. The Morgan fingerprint density at radius 2 is 1.19 bits per heavy atom. The van der Waals surface area contributed by atoms with Gasteiger partial charge in [0.05, 0.1) is 11.0 Å². The zero-order chi connectivity index (χ0) is 35.1. The van der Waals surface area contributed by atoms with Gasteiger partial charge in [0.1, 0.15) is 11.6 Å². The van der Waals surface area contributed by atoms with Crippen molar-refractivity contribution < 1.29 is 22.7 Å². The Morgan fingerprint density at radius 3 is 1.64 bits per heavy atom. The Morgan fingerprint density at radius 1 is 0.702 bits per heavy atom. The van der Waals surface area contributed by atoms with Crippen LogP contribution in [0.3, 0.4) is 0 Å². The predicted molar refractivity (Wildman–Crippen MR) is 188 cm³/mol. The van der Waals surface area contributed by atoms with Gasteiger partial charge in [-0.1, -0.05) is 94.4 Å². The van der Waals surface area contributed by atoms with Gasteiger partial charge in [-0.25, -0.2) is 4.39 Å². The largest absolute Gasteiger partial charge is 0.507 e. The van der Waals surface area contributed by atoms with Crippen LogP contribution in [0.15, 0.2) is 72.6 Å². The number of fused-ring (bicyclic) bond motifs is 3. The second-order valence-electron chi connectivity index (χ2n) is 17.5. The average Bonchev–Trinajstić information content (AvgIpc) is 3.23. The first-order valence-electron chi connectivity index (χ1n) is 16.4. The minimum absolute atomic E-state index is 0.0117. The van der Waals surface area contributed by atoms with E-state index in [1.807, 2.05) is 30.3 Å². The third-order valence-electron chi connectivity index (χ3n) is 9.63. The molecule has 2 nitrogen and oxygen atoms in total. The molecule has 3 aromatic carbocycles. The smallest absolute Gasteiger partial charge is 0.416 e. The zero-order valence-electron chi connectivity index (χ0n) is 29.7. The summed E-state index contributed by atoms with van der Waals surface area (Å²) in [6.45, 7) is 23.0. The van der Waals surface area contributed by atoms with Crippen LogP contribution in [-0.4, -0.2) is 15.8 Å². The number of aromatic nitrogens is 1. The lowest BCUT2D eigenvalue weighted by molar-refractivity contribution is -0.194. The molecule has 1 N–H and O–H groups in total. The number of rotatable bonds is 4. The van der Waals surface area contributed by atoms with Gasteiger partial charge in [-0.05, 0) is 98.9 Å². The molecule has 1 unspecified atom stereocenters. The van der Waals surface area contributed by atoms with Crippen molar-refractivity contribution in [3.63, 3.8) is 0 Å². The van der Waals surface area contributed by atoms with Crippen LogP contribution in [0.4, 0.5) is 17.6 Å². The van der Waals surface area contributed by atoms with Crippen LogP contribution in [0.1, 0.15) is 111 Å². The van der Waals surface area contributed by atoms with E-state index in [1.165, 1.54) is 10.6 Å². The maximum Gasteiger partial charge on any atom is 0.416 e. The molecule has 1 heterocycles. The number of hydrogen-bond donors (Lipinski definition) is 1. The molecule has 1 atom stereocenters. The predicted octanol–water partition coefficient (Wildman–Crippen LogP) is 12.4. The van der Waals surface area contributed by atoms with Crippen LogP contribution in [-0.2, 0) is 21.8 Å². The summed E-state index contributed by atoms with van der Waals surface area (Å²) < 4.78 is 64.7. The lowest BCUT2D eigenvalue weighted by Crippen LogP contribution is -2.47. The molecule has 0 amide bonds. The molecule has 0 spiro atoms. The van der Waals surface area contributed by atoms with Crippen molar-refractivity contribution in [2.45, 2.75) is 117 Å². The fourth-order valence-corrected chi connectivity index (χ4v) is 7.48. The summed E-state index contributed by atoms with van der Waals surface area (Å²) in [4.78, 5) is 0. The van der Waals surface area contributed by atoms with E-state index in [4.69, 9.17) is 0 Å². The summed E-state index contributed by atoms with van der Waals surface area (Å²) in [6, 6.07) is 16.3. The van der Waals surface area contributed by atoms with E-state index in [0.717, 1.165) is 35.3 Å². The first-order chi connectivity index (χ1) is 21.3. The van der Waals surface area contributed by atoms with Crippen LogP contribution in [0.2, 0.25) is 0 Å². The molecule has 5 rings (SSSR count). The summed E-state index contributed by atoms with van der Waals surface area (Å²) in [5, 5.41) is 12.5. The van der Waals surface area contributed by atoms with Gasteiger partial charge < -0.3 is 9.67 Å². The molecule has 0 radical (unpaired) electrons. The van der Waals surface area contributed by atoms with E-state index in [9.17, 15) is 5.11 Å². The first-order valence-corrected chi connectivity index (χ1v) is 16.4. The zero-order valence-corrected chi connectivity index (χ0v) is 29.7. The summed E-state index contributed by atoms with van der Waals surface area (Å²) in [5.41, 5.74) is 0.366. The van der Waals surface area contributed by atoms with Crippen LogP contribution < -0.4 is 0 Å². The van der Waals surface area contributed by atoms with E-state index in [0.29, 0.717) is 21.8 Å². The maximum atomic E-state index is 15.9. The Labute approximate surface area is 277 Å². The lowest BCUT2D eigenvalue weighted by Gasteiger charge is -2.39. The number of halogens is 4. The van der Waals surface area contributed by atoms with Gasteiger partial charge in [-0.15, -0.1) is 0 Å². The number of phenolic OH excluding ortho intramolecular Hbond substituents is 1. The van der Waals surface area contributed by atoms with E-state index < -0.39 is 24.0 Å². The molecule has 252 valence electrons. The van der Waals surface area contributed by atoms with E-state index in [-0.39, 0.29) is 38.5 Å². The molecule has 0 saturated heterocycles. The minimum atomic E-state index is -4.88. The molecule has 1 aliphatic carbocycles. The van der Waals surface area contributed by atoms with Crippen molar-refractivity contribution in [2.24, 2.45) is 5.41 Å². The highest BCUT2D eigenvalue weighted by molar-refractivity contribution is 6.09. The second-order valence-corrected chi connectivity index (χ2v) is 17.5. The van der Waals surface area contributed by atoms with Crippen molar-refractivity contribution in [2.75, 3.05) is 0 Å². The molecule has 0 aliphatic heterocycles. The van der Waals surface area contributed by atoms with Gasteiger partial charge in [0.25, 0.3) is 0 Å². The number of alkyl halides is 3. The number of phenols is 1. The maximum absolute atomic E-state index is 15.9. The molecule has 47 heavy (non-hydrogen) atoms. The molecule has 6 heteroatoms. The summed E-state index contributed by atoms with van der Waals surface area (Å²) in [7, 11) is 0.